The molecule has 5 rings (SSSR count). The first kappa shape index (κ1) is 19.2. The van der Waals surface area contributed by atoms with Crippen molar-refractivity contribution in [2.24, 2.45) is 0 Å². The van der Waals surface area contributed by atoms with Crippen LogP contribution in [-0.2, 0) is 0 Å². The SMILES string of the molecule is Brc1ccc(-c2ccc(-c3ccccn3)nc2-c2ccc3cc(Br)ccc3c2)cc1. The van der Waals surface area contributed by atoms with E-state index < -0.39 is 0 Å². The molecule has 2 nitrogen and oxygen atoms in total. The summed E-state index contributed by atoms with van der Waals surface area (Å²) in [5.41, 5.74) is 5.99. The number of benzene rings is 3. The number of fused-ring (bicyclic) bond motifs is 1. The molecule has 0 fully saturated rings. The van der Waals surface area contributed by atoms with Crippen molar-refractivity contribution < 1.29 is 0 Å². The first-order valence-corrected chi connectivity index (χ1v) is 11.1. The number of halogens is 2. The third-order valence-electron chi connectivity index (χ3n) is 5.05. The zero-order valence-electron chi connectivity index (χ0n) is 15.9. The maximum atomic E-state index is 5.05. The van der Waals surface area contributed by atoms with Crippen molar-refractivity contribution in [1.29, 1.82) is 0 Å². The van der Waals surface area contributed by atoms with Crippen LogP contribution in [0.1, 0.15) is 0 Å². The van der Waals surface area contributed by atoms with Crippen LogP contribution in [0.3, 0.4) is 0 Å². The molecule has 144 valence electrons. The van der Waals surface area contributed by atoms with Crippen LogP contribution in [0.5, 0.6) is 0 Å². The molecule has 0 aliphatic rings. The van der Waals surface area contributed by atoms with E-state index in [1.165, 1.54) is 10.8 Å². The Morgan fingerprint density at radius 3 is 2.10 bits per heavy atom. The topological polar surface area (TPSA) is 25.8 Å². The maximum absolute atomic E-state index is 5.05. The molecular weight excluding hydrogens is 500 g/mol. The van der Waals surface area contributed by atoms with Crippen molar-refractivity contribution in [2.45, 2.75) is 0 Å². The average molecular weight is 516 g/mol. The van der Waals surface area contributed by atoms with Gasteiger partial charge >= 0.3 is 0 Å². The molecule has 0 amide bonds. The van der Waals surface area contributed by atoms with Crippen LogP contribution in [0.15, 0.2) is 106 Å². The second-order valence-corrected chi connectivity index (χ2v) is 8.85. The summed E-state index contributed by atoms with van der Waals surface area (Å²) >= 11 is 7.08. The Morgan fingerprint density at radius 1 is 0.567 bits per heavy atom. The Kier molecular flexibility index (Phi) is 5.19. The van der Waals surface area contributed by atoms with Gasteiger partial charge in [-0.15, -0.1) is 0 Å². The van der Waals surface area contributed by atoms with E-state index in [9.17, 15) is 0 Å². The van der Waals surface area contributed by atoms with Crippen molar-refractivity contribution in [3.05, 3.63) is 106 Å². The summed E-state index contributed by atoms with van der Waals surface area (Å²) in [6.45, 7) is 0. The van der Waals surface area contributed by atoms with E-state index in [1.54, 1.807) is 6.20 Å². The minimum atomic E-state index is 0.863. The molecule has 0 radical (unpaired) electrons. The first-order chi connectivity index (χ1) is 14.7. The van der Waals surface area contributed by atoms with Crippen molar-refractivity contribution in [3.63, 3.8) is 0 Å². The van der Waals surface area contributed by atoms with Gasteiger partial charge in [-0.3, -0.25) is 4.98 Å². The Balaban J connectivity index is 1.72. The fraction of sp³-hybridized carbons (Fsp3) is 0. The van der Waals surface area contributed by atoms with Gasteiger partial charge in [-0.2, -0.15) is 0 Å². The normalized spacial score (nSPS) is 11.0. The lowest BCUT2D eigenvalue weighted by molar-refractivity contribution is 1.25. The molecule has 0 spiro atoms. The predicted molar refractivity (Wildman–Crippen MR) is 131 cm³/mol. The highest BCUT2D eigenvalue weighted by atomic mass is 79.9. The molecule has 3 aromatic carbocycles. The highest BCUT2D eigenvalue weighted by Crippen LogP contribution is 2.35. The summed E-state index contributed by atoms with van der Waals surface area (Å²) in [6.07, 6.45) is 1.80. The highest BCUT2D eigenvalue weighted by molar-refractivity contribution is 9.10. The summed E-state index contributed by atoms with van der Waals surface area (Å²) in [7, 11) is 0. The largest absolute Gasteiger partial charge is 0.255 e. The molecular formula is C26H16Br2N2. The molecule has 0 N–H and O–H groups in total. The minimum absolute atomic E-state index is 0.863. The lowest BCUT2D eigenvalue weighted by atomic mass is 9.97. The molecule has 5 aromatic rings. The van der Waals surface area contributed by atoms with Crippen LogP contribution in [0.25, 0.3) is 44.5 Å². The fourth-order valence-electron chi connectivity index (χ4n) is 3.56. The predicted octanol–water partition coefficient (Wildman–Crippen LogP) is 8.16. The lowest BCUT2D eigenvalue weighted by Crippen LogP contribution is -1.94. The minimum Gasteiger partial charge on any atom is -0.255 e. The zero-order chi connectivity index (χ0) is 20.5. The smallest absolute Gasteiger partial charge is 0.0894 e. The molecule has 2 heterocycles. The van der Waals surface area contributed by atoms with E-state index in [2.05, 4.69) is 104 Å². The number of rotatable bonds is 3. The van der Waals surface area contributed by atoms with Crippen LogP contribution in [0.4, 0.5) is 0 Å². The summed E-state index contributed by atoms with van der Waals surface area (Å²) < 4.78 is 2.13. The maximum Gasteiger partial charge on any atom is 0.0894 e. The van der Waals surface area contributed by atoms with E-state index in [1.807, 2.05) is 24.3 Å². The van der Waals surface area contributed by atoms with Crippen molar-refractivity contribution in [2.75, 3.05) is 0 Å². The van der Waals surface area contributed by atoms with Gasteiger partial charge < -0.3 is 0 Å². The third kappa shape index (κ3) is 3.81. The van der Waals surface area contributed by atoms with Gasteiger partial charge in [0, 0.05) is 26.3 Å². The molecule has 2 aromatic heterocycles. The van der Waals surface area contributed by atoms with Gasteiger partial charge in [0.1, 0.15) is 0 Å². The molecule has 0 atom stereocenters. The Labute approximate surface area is 191 Å². The number of pyridine rings is 2. The van der Waals surface area contributed by atoms with E-state index in [0.29, 0.717) is 0 Å². The van der Waals surface area contributed by atoms with Gasteiger partial charge in [-0.1, -0.05) is 68.3 Å². The summed E-state index contributed by atoms with van der Waals surface area (Å²) in [4.78, 5) is 9.54. The van der Waals surface area contributed by atoms with Gasteiger partial charge in [-0.05, 0) is 70.9 Å². The third-order valence-corrected chi connectivity index (χ3v) is 6.08. The second kappa shape index (κ2) is 8.13. The standard InChI is InChI=1S/C26H16Br2N2/c27-21-9-6-17(7-10-21)23-12-13-25(24-3-1-2-14-29-24)30-26(23)20-5-4-19-16-22(28)11-8-18(19)15-20/h1-16H. The molecule has 0 unspecified atom stereocenters. The van der Waals surface area contributed by atoms with Crippen LogP contribution in [0, 0.1) is 0 Å². The van der Waals surface area contributed by atoms with Crippen molar-refractivity contribution in [1.82, 2.24) is 9.97 Å². The van der Waals surface area contributed by atoms with Gasteiger partial charge in [0.25, 0.3) is 0 Å². The van der Waals surface area contributed by atoms with Crippen LogP contribution in [-0.4, -0.2) is 9.97 Å². The summed E-state index contributed by atoms with van der Waals surface area (Å²) in [5.74, 6) is 0. The van der Waals surface area contributed by atoms with Crippen molar-refractivity contribution >= 4 is 42.6 Å². The molecule has 0 bridgehead atoms. The number of nitrogens with zero attached hydrogens (tertiary/aromatic N) is 2. The van der Waals surface area contributed by atoms with Gasteiger partial charge in [0.05, 0.1) is 17.1 Å². The van der Waals surface area contributed by atoms with Crippen LogP contribution < -0.4 is 0 Å². The summed E-state index contributed by atoms with van der Waals surface area (Å²) in [5, 5.41) is 2.38. The van der Waals surface area contributed by atoms with E-state index in [0.717, 1.165) is 42.7 Å². The number of hydrogen-bond acceptors (Lipinski definition) is 2. The van der Waals surface area contributed by atoms with Gasteiger partial charge in [-0.25, -0.2) is 4.98 Å². The molecule has 0 saturated heterocycles. The highest BCUT2D eigenvalue weighted by Gasteiger charge is 2.13. The number of hydrogen-bond donors (Lipinski definition) is 0. The van der Waals surface area contributed by atoms with Gasteiger partial charge in [0.2, 0.25) is 0 Å². The zero-order valence-corrected chi connectivity index (χ0v) is 19.1. The quantitative estimate of drug-likeness (QED) is 0.242. The Bertz CT molecular complexity index is 1350. The Hall–Kier alpha value is -2.82. The monoisotopic (exact) mass is 514 g/mol. The molecule has 30 heavy (non-hydrogen) atoms. The van der Waals surface area contributed by atoms with E-state index >= 15 is 0 Å². The van der Waals surface area contributed by atoms with Gasteiger partial charge in [0.15, 0.2) is 0 Å². The molecule has 0 aliphatic heterocycles. The average Bonchev–Trinajstić information content (AvgIpc) is 2.79. The first-order valence-electron chi connectivity index (χ1n) is 9.55. The van der Waals surface area contributed by atoms with Crippen LogP contribution in [0.2, 0.25) is 0 Å². The fourth-order valence-corrected chi connectivity index (χ4v) is 4.21. The molecule has 0 aliphatic carbocycles. The summed E-state index contributed by atoms with van der Waals surface area (Å²) in [6, 6.07) is 31.2. The van der Waals surface area contributed by atoms with E-state index in [-0.39, 0.29) is 0 Å². The van der Waals surface area contributed by atoms with E-state index in [4.69, 9.17) is 4.98 Å². The second-order valence-electron chi connectivity index (χ2n) is 7.02. The van der Waals surface area contributed by atoms with Crippen molar-refractivity contribution in [3.8, 4) is 33.8 Å². The molecule has 4 heteroatoms. The molecule has 0 saturated carbocycles. The lowest BCUT2D eigenvalue weighted by Gasteiger charge is -2.13. The van der Waals surface area contributed by atoms with Crippen LogP contribution >= 0.6 is 31.9 Å². The number of aromatic nitrogens is 2. The Morgan fingerprint density at radius 2 is 1.30 bits per heavy atom.